The number of anilines is 2. The van der Waals surface area contributed by atoms with Crippen LogP contribution in [-0.4, -0.2) is 46.7 Å². The van der Waals surface area contributed by atoms with Gasteiger partial charge in [-0.05, 0) is 55.9 Å². The third-order valence-corrected chi connectivity index (χ3v) is 7.26. The molecule has 4 rings (SSSR count). The summed E-state index contributed by atoms with van der Waals surface area (Å²) in [6.07, 6.45) is 4.49. The van der Waals surface area contributed by atoms with E-state index in [1.165, 1.54) is 12.8 Å². The van der Waals surface area contributed by atoms with Crippen molar-refractivity contribution in [1.82, 2.24) is 14.8 Å². The molecule has 1 aromatic heterocycles. The van der Waals surface area contributed by atoms with Crippen LogP contribution in [0.1, 0.15) is 65.0 Å². The SMILES string of the molecule is CCCCCCOc1ccc(C2C(C(=O)Nc3ccccc3OCC)=C(C)Nc3nc(SCC)nn32)cc1OC. The summed E-state index contributed by atoms with van der Waals surface area (Å²) in [6, 6.07) is 12.7. The van der Waals surface area contributed by atoms with Crippen LogP contribution >= 0.6 is 11.8 Å². The quantitative estimate of drug-likeness (QED) is 0.165. The molecule has 2 N–H and O–H groups in total. The van der Waals surface area contributed by atoms with Gasteiger partial charge >= 0.3 is 0 Å². The summed E-state index contributed by atoms with van der Waals surface area (Å²) < 4.78 is 19.3. The number of hydrogen-bond acceptors (Lipinski definition) is 8. The van der Waals surface area contributed by atoms with E-state index >= 15 is 0 Å². The van der Waals surface area contributed by atoms with E-state index in [0.29, 0.717) is 58.5 Å². The van der Waals surface area contributed by atoms with Crippen molar-refractivity contribution in [2.45, 2.75) is 64.6 Å². The first-order valence-electron chi connectivity index (χ1n) is 13.9. The standard InChI is InChI=1S/C30H39N5O4S/c1-6-9-10-13-18-39-24-17-16-21(19-25(24)37-5)27-26(20(4)31-29-33-30(40-8-3)34-35(27)29)28(36)32-22-14-11-12-15-23(22)38-7-2/h11-12,14-17,19,27H,6-10,13,18H2,1-5H3,(H,32,36)(H,31,33,34). The molecule has 1 unspecified atom stereocenters. The number of nitrogens with one attached hydrogen (secondary N) is 2. The maximum atomic E-state index is 13.9. The number of fused-ring (bicyclic) bond motifs is 1. The lowest BCUT2D eigenvalue weighted by atomic mass is 9.94. The molecule has 9 nitrogen and oxygen atoms in total. The third kappa shape index (κ3) is 6.72. The smallest absolute Gasteiger partial charge is 0.255 e. The Labute approximate surface area is 240 Å². The number of unbranched alkanes of at least 4 members (excludes halogenated alkanes) is 3. The largest absolute Gasteiger partial charge is 0.493 e. The molecule has 10 heteroatoms. The molecule has 0 saturated carbocycles. The predicted molar refractivity (Wildman–Crippen MR) is 160 cm³/mol. The molecule has 1 aliphatic heterocycles. The first-order valence-corrected chi connectivity index (χ1v) is 14.9. The Kier molecular flexibility index (Phi) is 10.3. The summed E-state index contributed by atoms with van der Waals surface area (Å²) in [5.41, 5.74) is 2.65. The first-order chi connectivity index (χ1) is 19.5. The van der Waals surface area contributed by atoms with Gasteiger partial charge in [-0.25, -0.2) is 4.68 Å². The number of nitrogens with zero attached hydrogens (tertiary/aromatic N) is 3. The highest BCUT2D eigenvalue weighted by molar-refractivity contribution is 7.99. The molecule has 40 heavy (non-hydrogen) atoms. The Hall–Kier alpha value is -3.66. The van der Waals surface area contributed by atoms with Crippen LogP contribution in [0.4, 0.5) is 11.6 Å². The molecule has 214 valence electrons. The molecule has 0 fully saturated rings. The number of amides is 1. The van der Waals surface area contributed by atoms with Crippen LogP contribution in [-0.2, 0) is 4.79 Å². The van der Waals surface area contributed by atoms with Gasteiger partial charge in [-0.15, -0.1) is 5.10 Å². The van der Waals surface area contributed by atoms with Crippen molar-refractivity contribution in [3.8, 4) is 17.2 Å². The molecule has 0 radical (unpaired) electrons. The average Bonchev–Trinajstić information content (AvgIpc) is 3.35. The van der Waals surface area contributed by atoms with E-state index in [4.69, 9.17) is 19.3 Å². The summed E-state index contributed by atoms with van der Waals surface area (Å²) in [6.45, 7) is 9.16. The average molecular weight is 566 g/mol. The van der Waals surface area contributed by atoms with Crippen LogP contribution in [0.25, 0.3) is 0 Å². The number of allylic oxidation sites excluding steroid dienone is 1. The van der Waals surface area contributed by atoms with Crippen molar-refractivity contribution in [3.05, 3.63) is 59.3 Å². The molecule has 1 aliphatic rings. The minimum Gasteiger partial charge on any atom is -0.493 e. The van der Waals surface area contributed by atoms with Gasteiger partial charge in [0.1, 0.15) is 11.8 Å². The van der Waals surface area contributed by atoms with E-state index in [9.17, 15) is 4.79 Å². The lowest BCUT2D eigenvalue weighted by molar-refractivity contribution is -0.113. The fourth-order valence-corrected chi connectivity index (χ4v) is 5.20. The highest BCUT2D eigenvalue weighted by Gasteiger charge is 2.35. The highest BCUT2D eigenvalue weighted by atomic mass is 32.2. The van der Waals surface area contributed by atoms with Gasteiger partial charge in [0.2, 0.25) is 11.1 Å². The maximum Gasteiger partial charge on any atom is 0.255 e. The van der Waals surface area contributed by atoms with Gasteiger partial charge in [-0.1, -0.05) is 63.1 Å². The van der Waals surface area contributed by atoms with E-state index < -0.39 is 6.04 Å². The second kappa shape index (κ2) is 14.1. The number of rotatable bonds is 14. The lowest BCUT2D eigenvalue weighted by Crippen LogP contribution is -2.31. The molecule has 2 heterocycles. The Balaban J connectivity index is 1.70. The number of benzene rings is 2. The Morgan fingerprint density at radius 3 is 2.62 bits per heavy atom. The van der Waals surface area contributed by atoms with E-state index in [1.807, 2.05) is 56.3 Å². The zero-order chi connectivity index (χ0) is 28.5. The molecular formula is C30H39N5O4S. The van der Waals surface area contributed by atoms with E-state index in [2.05, 4.69) is 29.5 Å². The zero-order valence-corrected chi connectivity index (χ0v) is 24.8. The van der Waals surface area contributed by atoms with Crippen molar-refractivity contribution in [2.75, 3.05) is 36.7 Å². The molecule has 0 spiro atoms. The second-order valence-electron chi connectivity index (χ2n) is 9.36. The molecule has 0 saturated heterocycles. The maximum absolute atomic E-state index is 13.9. The number of ether oxygens (including phenoxy) is 3. The number of para-hydroxylation sites is 2. The molecule has 0 aliphatic carbocycles. The van der Waals surface area contributed by atoms with Crippen LogP contribution in [0.3, 0.4) is 0 Å². The summed E-state index contributed by atoms with van der Waals surface area (Å²) in [4.78, 5) is 18.6. The second-order valence-corrected chi connectivity index (χ2v) is 10.6. The van der Waals surface area contributed by atoms with Crippen molar-refractivity contribution in [1.29, 1.82) is 0 Å². The Bertz CT molecular complexity index is 1340. The fourth-order valence-electron chi connectivity index (χ4n) is 4.65. The fraction of sp³-hybridized carbons (Fsp3) is 0.433. The van der Waals surface area contributed by atoms with Crippen LogP contribution in [0.5, 0.6) is 17.2 Å². The molecule has 0 bridgehead atoms. The predicted octanol–water partition coefficient (Wildman–Crippen LogP) is 6.68. The van der Waals surface area contributed by atoms with Crippen molar-refractivity contribution in [2.24, 2.45) is 0 Å². The lowest BCUT2D eigenvalue weighted by Gasteiger charge is -2.29. The number of hydrogen-bond donors (Lipinski definition) is 2. The van der Waals surface area contributed by atoms with Gasteiger partial charge in [-0.3, -0.25) is 4.79 Å². The van der Waals surface area contributed by atoms with Gasteiger partial charge in [-0.2, -0.15) is 4.98 Å². The molecule has 1 amide bonds. The van der Waals surface area contributed by atoms with E-state index in [-0.39, 0.29) is 5.91 Å². The van der Waals surface area contributed by atoms with E-state index in [1.54, 1.807) is 23.6 Å². The van der Waals surface area contributed by atoms with Crippen LogP contribution < -0.4 is 24.8 Å². The number of carbonyl (C=O) groups excluding carboxylic acids is 1. The summed E-state index contributed by atoms with van der Waals surface area (Å²) in [5.74, 6) is 3.05. The topological polar surface area (TPSA) is 99.5 Å². The monoisotopic (exact) mass is 565 g/mol. The number of carbonyl (C=O) groups is 1. The first kappa shape index (κ1) is 29.3. The summed E-state index contributed by atoms with van der Waals surface area (Å²) in [7, 11) is 1.63. The number of methoxy groups -OCH3 is 1. The van der Waals surface area contributed by atoms with Gasteiger partial charge < -0.3 is 24.8 Å². The van der Waals surface area contributed by atoms with Crippen molar-refractivity contribution < 1.29 is 19.0 Å². The normalized spacial score (nSPS) is 14.4. The van der Waals surface area contributed by atoms with Crippen molar-refractivity contribution in [3.63, 3.8) is 0 Å². The van der Waals surface area contributed by atoms with Gasteiger partial charge in [0.05, 0.1) is 31.6 Å². The van der Waals surface area contributed by atoms with Gasteiger partial charge in [0.15, 0.2) is 11.5 Å². The van der Waals surface area contributed by atoms with E-state index in [0.717, 1.165) is 24.2 Å². The summed E-state index contributed by atoms with van der Waals surface area (Å²) in [5, 5.41) is 11.8. The van der Waals surface area contributed by atoms with Gasteiger partial charge in [0, 0.05) is 5.70 Å². The van der Waals surface area contributed by atoms with Crippen LogP contribution in [0.2, 0.25) is 0 Å². The minimum absolute atomic E-state index is 0.261. The molecule has 2 aromatic carbocycles. The number of thioether (sulfide) groups is 1. The molecule has 1 atom stereocenters. The van der Waals surface area contributed by atoms with Crippen LogP contribution in [0, 0.1) is 0 Å². The molecular weight excluding hydrogens is 526 g/mol. The van der Waals surface area contributed by atoms with Crippen molar-refractivity contribution >= 4 is 29.3 Å². The molecule has 3 aromatic rings. The minimum atomic E-state index is -0.540. The number of aromatic nitrogens is 3. The Morgan fingerprint density at radius 2 is 1.88 bits per heavy atom. The Morgan fingerprint density at radius 1 is 1.05 bits per heavy atom. The zero-order valence-electron chi connectivity index (χ0n) is 24.0. The van der Waals surface area contributed by atoms with Gasteiger partial charge in [0.25, 0.3) is 5.91 Å². The third-order valence-electron chi connectivity index (χ3n) is 6.55. The highest BCUT2D eigenvalue weighted by Crippen LogP contribution is 2.40. The van der Waals surface area contributed by atoms with Crippen LogP contribution in [0.15, 0.2) is 58.9 Å². The summed E-state index contributed by atoms with van der Waals surface area (Å²) >= 11 is 1.55.